The zero-order valence-electron chi connectivity index (χ0n) is 13.9. The molecular weight excluding hydrogens is 286 g/mol. The Bertz CT molecular complexity index is 842. The number of nitrogens with one attached hydrogen (secondary N) is 1. The van der Waals surface area contributed by atoms with Gasteiger partial charge in [-0.1, -0.05) is 20.8 Å². The Kier molecular flexibility index (Phi) is 3.72. The predicted molar refractivity (Wildman–Crippen MR) is 95.9 cm³/mol. The first-order valence-corrected chi connectivity index (χ1v) is 7.82. The zero-order chi connectivity index (χ0) is 16.6. The van der Waals surface area contributed by atoms with Crippen LogP contribution in [0, 0.1) is 5.41 Å². The molecule has 0 saturated carbocycles. The summed E-state index contributed by atoms with van der Waals surface area (Å²) in [5, 5.41) is 8.20. The zero-order valence-corrected chi connectivity index (χ0v) is 13.9. The van der Waals surface area contributed by atoms with E-state index in [0.29, 0.717) is 11.6 Å². The lowest BCUT2D eigenvalue weighted by atomic mass is 9.87. The summed E-state index contributed by atoms with van der Waals surface area (Å²) >= 11 is 0. The molecule has 0 unspecified atom stereocenters. The highest BCUT2D eigenvalue weighted by Gasteiger charge is 2.15. The number of nitrogens with two attached hydrogens (primary N) is 2. The molecule has 120 valence electrons. The molecule has 0 aliphatic carbocycles. The van der Waals surface area contributed by atoms with Gasteiger partial charge < -0.3 is 11.5 Å². The van der Waals surface area contributed by atoms with Gasteiger partial charge in [-0.3, -0.25) is 5.10 Å². The highest BCUT2D eigenvalue weighted by Crippen LogP contribution is 2.32. The van der Waals surface area contributed by atoms with Crippen LogP contribution in [0.25, 0.3) is 22.0 Å². The number of aromatic nitrogens is 3. The molecule has 0 fully saturated rings. The summed E-state index contributed by atoms with van der Waals surface area (Å²) in [6, 6.07) is 8.09. The van der Waals surface area contributed by atoms with Gasteiger partial charge in [0.2, 0.25) is 0 Å². The molecule has 0 saturated heterocycles. The molecule has 5 nitrogen and oxygen atoms in total. The van der Waals surface area contributed by atoms with Gasteiger partial charge in [0.15, 0.2) is 5.82 Å². The maximum atomic E-state index is 6.02. The number of nitrogens with zero attached hydrogens (tertiary/aromatic N) is 2. The topological polar surface area (TPSA) is 93.6 Å². The summed E-state index contributed by atoms with van der Waals surface area (Å²) in [5.41, 5.74) is 16.5. The first-order valence-electron chi connectivity index (χ1n) is 7.82. The maximum Gasteiger partial charge on any atom is 0.153 e. The van der Waals surface area contributed by atoms with E-state index in [-0.39, 0.29) is 5.41 Å². The largest absolute Gasteiger partial charge is 0.384 e. The van der Waals surface area contributed by atoms with Gasteiger partial charge in [-0.25, -0.2) is 4.98 Å². The van der Waals surface area contributed by atoms with Crippen LogP contribution in [0.15, 0.2) is 30.5 Å². The van der Waals surface area contributed by atoms with Crippen LogP contribution in [-0.2, 0) is 6.42 Å². The van der Waals surface area contributed by atoms with Crippen LogP contribution >= 0.6 is 0 Å². The molecule has 5 heteroatoms. The van der Waals surface area contributed by atoms with Gasteiger partial charge in [-0.2, -0.15) is 5.10 Å². The van der Waals surface area contributed by atoms with Crippen molar-refractivity contribution in [1.82, 2.24) is 15.2 Å². The molecule has 2 heterocycles. The van der Waals surface area contributed by atoms with E-state index in [2.05, 4.69) is 48.1 Å². The van der Waals surface area contributed by atoms with E-state index in [0.717, 1.165) is 34.9 Å². The Morgan fingerprint density at radius 1 is 1.09 bits per heavy atom. The third kappa shape index (κ3) is 3.28. The van der Waals surface area contributed by atoms with Crippen molar-refractivity contribution in [3.05, 3.63) is 36.0 Å². The minimum absolute atomic E-state index is 0.273. The van der Waals surface area contributed by atoms with Gasteiger partial charge >= 0.3 is 0 Å². The first-order chi connectivity index (χ1) is 10.8. The van der Waals surface area contributed by atoms with Crippen molar-refractivity contribution in [3.8, 4) is 11.1 Å². The number of pyridine rings is 1. The first kappa shape index (κ1) is 15.3. The van der Waals surface area contributed by atoms with Crippen LogP contribution in [0.2, 0.25) is 0 Å². The van der Waals surface area contributed by atoms with Crippen molar-refractivity contribution in [1.29, 1.82) is 0 Å². The predicted octanol–water partition coefficient (Wildman–Crippen LogP) is 3.77. The number of benzene rings is 1. The van der Waals surface area contributed by atoms with E-state index >= 15 is 0 Å². The summed E-state index contributed by atoms with van der Waals surface area (Å²) in [5.74, 6) is 1.04. The molecule has 3 rings (SSSR count). The number of hydrogen-bond donors (Lipinski definition) is 3. The average molecular weight is 309 g/mol. The Morgan fingerprint density at radius 2 is 1.87 bits per heavy atom. The number of rotatable bonds is 3. The van der Waals surface area contributed by atoms with E-state index in [1.165, 1.54) is 5.56 Å². The Balaban J connectivity index is 2.11. The van der Waals surface area contributed by atoms with Crippen molar-refractivity contribution in [2.75, 3.05) is 11.5 Å². The Labute approximate surface area is 136 Å². The second-order valence-electron chi connectivity index (χ2n) is 7.20. The minimum Gasteiger partial charge on any atom is -0.384 e. The molecule has 0 atom stereocenters. The molecule has 0 aliphatic heterocycles. The normalized spacial score (nSPS) is 12.0. The molecule has 1 aromatic carbocycles. The van der Waals surface area contributed by atoms with Crippen molar-refractivity contribution >= 4 is 22.5 Å². The lowest BCUT2D eigenvalue weighted by molar-refractivity contribution is 0.378. The number of H-pyrrole nitrogens is 1. The van der Waals surface area contributed by atoms with Gasteiger partial charge in [0.25, 0.3) is 0 Å². The lowest BCUT2D eigenvalue weighted by Crippen LogP contribution is -2.06. The van der Waals surface area contributed by atoms with Crippen LogP contribution in [0.5, 0.6) is 0 Å². The van der Waals surface area contributed by atoms with Crippen molar-refractivity contribution in [2.45, 2.75) is 33.6 Å². The third-order valence-corrected chi connectivity index (χ3v) is 4.04. The smallest absolute Gasteiger partial charge is 0.153 e. The molecule has 3 aromatic rings. The molecule has 0 amide bonds. The number of aromatic amines is 1. The minimum atomic E-state index is 0.273. The van der Waals surface area contributed by atoms with Gasteiger partial charge in [-0.05, 0) is 59.2 Å². The molecule has 0 bridgehead atoms. The number of aryl methyl sites for hydroxylation is 1. The van der Waals surface area contributed by atoms with Gasteiger partial charge in [0.1, 0.15) is 5.82 Å². The molecule has 2 aromatic heterocycles. The lowest BCUT2D eigenvalue weighted by Gasteiger charge is -2.18. The summed E-state index contributed by atoms with van der Waals surface area (Å²) in [6.45, 7) is 6.75. The van der Waals surface area contributed by atoms with Crippen molar-refractivity contribution in [3.63, 3.8) is 0 Å². The van der Waals surface area contributed by atoms with Crippen LogP contribution in [0.3, 0.4) is 0 Å². The number of hydrogen-bond acceptors (Lipinski definition) is 4. The van der Waals surface area contributed by atoms with Gasteiger partial charge in [0, 0.05) is 11.6 Å². The molecule has 0 aliphatic rings. The van der Waals surface area contributed by atoms with Gasteiger partial charge in [0.05, 0.1) is 5.52 Å². The fraction of sp³-hybridized carbons (Fsp3) is 0.333. The standard InChI is InChI=1S/C18H23N5/c1-18(2,3)6-4-12-8-13(11-5-7-21-15(19)10-11)9-14-16(12)22-23-17(14)20/h5,7-10H,4,6H2,1-3H3,(H2,19,21)(H3,20,22,23). The second kappa shape index (κ2) is 5.57. The van der Waals surface area contributed by atoms with Crippen molar-refractivity contribution < 1.29 is 0 Å². The average Bonchev–Trinajstić information content (AvgIpc) is 2.86. The van der Waals surface area contributed by atoms with E-state index in [1.54, 1.807) is 6.20 Å². The molecule has 5 N–H and O–H groups in total. The fourth-order valence-corrected chi connectivity index (χ4v) is 2.71. The summed E-state index contributed by atoms with van der Waals surface area (Å²) in [6.07, 6.45) is 3.78. The van der Waals surface area contributed by atoms with Crippen LogP contribution < -0.4 is 11.5 Å². The second-order valence-corrected chi connectivity index (χ2v) is 7.20. The molecule has 0 radical (unpaired) electrons. The monoisotopic (exact) mass is 309 g/mol. The summed E-state index contributed by atoms with van der Waals surface area (Å²) in [7, 11) is 0. The van der Waals surface area contributed by atoms with E-state index in [4.69, 9.17) is 11.5 Å². The SMILES string of the molecule is CC(C)(C)CCc1cc(-c2ccnc(N)c2)cc2c(N)n[nH]c12. The van der Waals surface area contributed by atoms with E-state index in [1.807, 2.05) is 12.1 Å². The van der Waals surface area contributed by atoms with E-state index in [9.17, 15) is 0 Å². The van der Waals surface area contributed by atoms with Crippen LogP contribution in [0.4, 0.5) is 11.6 Å². The molecular formula is C18H23N5. The summed E-state index contributed by atoms with van der Waals surface area (Å²) in [4.78, 5) is 4.06. The number of anilines is 2. The fourth-order valence-electron chi connectivity index (χ4n) is 2.71. The highest BCUT2D eigenvalue weighted by molar-refractivity contribution is 5.94. The Morgan fingerprint density at radius 3 is 2.57 bits per heavy atom. The van der Waals surface area contributed by atoms with Crippen LogP contribution in [-0.4, -0.2) is 15.2 Å². The Hall–Kier alpha value is -2.56. The van der Waals surface area contributed by atoms with Crippen molar-refractivity contribution in [2.24, 2.45) is 5.41 Å². The number of fused-ring (bicyclic) bond motifs is 1. The third-order valence-electron chi connectivity index (χ3n) is 4.04. The molecule has 23 heavy (non-hydrogen) atoms. The van der Waals surface area contributed by atoms with Gasteiger partial charge in [-0.15, -0.1) is 0 Å². The number of nitrogen functional groups attached to an aromatic ring is 2. The maximum absolute atomic E-state index is 6.02. The summed E-state index contributed by atoms with van der Waals surface area (Å²) < 4.78 is 0. The van der Waals surface area contributed by atoms with Crippen LogP contribution in [0.1, 0.15) is 32.8 Å². The highest BCUT2D eigenvalue weighted by atomic mass is 15.1. The molecule has 0 spiro atoms. The quantitative estimate of drug-likeness (QED) is 0.686. The van der Waals surface area contributed by atoms with E-state index < -0.39 is 0 Å².